The lowest BCUT2D eigenvalue weighted by Gasteiger charge is -2.14. The Labute approximate surface area is 77.4 Å². The highest BCUT2D eigenvalue weighted by Gasteiger charge is 2.35. The summed E-state index contributed by atoms with van der Waals surface area (Å²) in [6.07, 6.45) is 1.43. The number of carboxylic acid groups (broad SMARTS) is 1. The molecule has 1 aliphatic rings. The highest BCUT2D eigenvalue weighted by Crippen LogP contribution is 2.45. The molecule has 3 heteroatoms. The van der Waals surface area contributed by atoms with Crippen LogP contribution < -0.4 is 0 Å². The highest BCUT2D eigenvalue weighted by atomic mass is 19.1. The minimum Gasteiger partial charge on any atom is -0.476 e. The zero-order chi connectivity index (χ0) is 10.2. The molecular weight excluding hydrogens is 171 g/mol. The van der Waals surface area contributed by atoms with Crippen molar-refractivity contribution < 1.29 is 14.3 Å². The SMILES string of the molecule is CC1CC(C)(C)CC1=C(F)C(=O)O. The molecule has 13 heavy (non-hydrogen) atoms. The minimum atomic E-state index is -1.43. The van der Waals surface area contributed by atoms with Gasteiger partial charge in [0.2, 0.25) is 5.83 Å². The first-order chi connectivity index (χ1) is 5.83. The van der Waals surface area contributed by atoms with Gasteiger partial charge in [-0.05, 0) is 29.7 Å². The molecule has 1 N–H and O–H groups in total. The van der Waals surface area contributed by atoms with E-state index < -0.39 is 11.8 Å². The van der Waals surface area contributed by atoms with Crippen LogP contribution in [0.3, 0.4) is 0 Å². The van der Waals surface area contributed by atoms with Crippen molar-refractivity contribution in [3.8, 4) is 0 Å². The largest absolute Gasteiger partial charge is 0.476 e. The zero-order valence-electron chi connectivity index (χ0n) is 8.22. The molecule has 1 aliphatic carbocycles. The Morgan fingerprint density at radius 1 is 1.62 bits per heavy atom. The van der Waals surface area contributed by atoms with E-state index in [0.29, 0.717) is 12.0 Å². The lowest BCUT2D eigenvalue weighted by Crippen LogP contribution is -2.04. The summed E-state index contributed by atoms with van der Waals surface area (Å²) in [5, 5.41) is 8.50. The maximum Gasteiger partial charge on any atom is 0.364 e. The molecule has 2 nitrogen and oxygen atoms in total. The fourth-order valence-electron chi connectivity index (χ4n) is 2.15. The van der Waals surface area contributed by atoms with Gasteiger partial charge in [-0.2, -0.15) is 4.39 Å². The summed E-state index contributed by atoms with van der Waals surface area (Å²) in [6.45, 7) is 5.95. The van der Waals surface area contributed by atoms with Gasteiger partial charge in [0.1, 0.15) is 0 Å². The molecule has 74 valence electrons. The third-order valence-corrected chi connectivity index (χ3v) is 2.59. The summed E-state index contributed by atoms with van der Waals surface area (Å²) in [6, 6.07) is 0. The minimum absolute atomic E-state index is 0.0432. The van der Waals surface area contributed by atoms with Crippen LogP contribution in [0, 0.1) is 11.3 Å². The van der Waals surface area contributed by atoms with Gasteiger partial charge in [0.05, 0.1) is 0 Å². The third kappa shape index (κ3) is 2.08. The van der Waals surface area contributed by atoms with E-state index in [0.717, 1.165) is 6.42 Å². The van der Waals surface area contributed by atoms with Crippen molar-refractivity contribution in [1.82, 2.24) is 0 Å². The number of hydrogen-bond acceptors (Lipinski definition) is 1. The lowest BCUT2D eigenvalue weighted by molar-refractivity contribution is -0.134. The van der Waals surface area contributed by atoms with Crippen LogP contribution in [0.15, 0.2) is 11.4 Å². The number of rotatable bonds is 1. The molecule has 1 rings (SSSR count). The van der Waals surface area contributed by atoms with Crippen LogP contribution in [0.2, 0.25) is 0 Å². The Hall–Kier alpha value is -0.860. The molecule has 0 bridgehead atoms. The van der Waals surface area contributed by atoms with E-state index in [4.69, 9.17) is 5.11 Å². The number of carbonyl (C=O) groups is 1. The maximum absolute atomic E-state index is 13.1. The molecule has 0 heterocycles. The fraction of sp³-hybridized carbons (Fsp3) is 0.700. The van der Waals surface area contributed by atoms with Crippen LogP contribution in [0.5, 0.6) is 0 Å². The van der Waals surface area contributed by atoms with Gasteiger partial charge in [0.25, 0.3) is 0 Å². The number of allylic oxidation sites excluding steroid dienone is 1. The van der Waals surface area contributed by atoms with Crippen molar-refractivity contribution in [3.05, 3.63) is 11.4 Å². The summed E-state index contributed by atoms with van der Waals surface area (Å²) < 4.78 is 13.1. The van der Waals surface area contributed by atoms with Gasteiger partial charge >= 0.3 is 5.97 Å². The molecule has 1 unspecified atom stereocenters. The summed E-state index contributed by atoms with van der Waals surface area (Å²) in [5.74, 6) is -2.32. The first-order valence-electron chi connectivity index (χ1n) is 4.45. The fourth-order valence-corrected chi connectivity index (χ4v) is 2.15. The smallest absolute Gasteiger partial charge is 0.364 e. The molecule has 1 fully saturated rings. The van der Waals surface area contributed by atoms with Crippen molar-refractivity contribution in [2.24, 2.45) is 11.3 Å². The Morgan fingerprint density at radius 3 is 2.46 bits per heavy atom. The van der Waals surface area contributed by atoms with Gasteiger partial charge in [-0.3, -0.25) is 0 Å². The number of halogens is 1. The van der Waals surface area contributed by atoms with Crippen molar-refractivity contribution >= 4 is 5.97 Å². The van der Waals surface area contributed by atoms with E-state index in [1.54, 1.807) is 0 Å². The molecule has 1 saturated carbocycles. The van der Waals surface area contributed by atoms with Crippen LogP contribution in [0.4, 0.5) is 4.39 Å². The van der Waals surface area contributed by atoms with Gasteiger partial charge in [-0.25, -0.2) is 4.79 Å². The van der Waals surface area contributed by atoms with E-state index in [-0.39, 0.29) is 11.3 Å². The summed E-state index contributed by atoms with van der Waals surface area (Å²) in [4.78, 5) is 10.4. The predicted octanol–water partition coefficient (Wildman–Crippen LogP) is 2.75. The van der Waals surface area contributed by atoms with Crippen LogP contribution in [-0.4, -0.2) is 11.1 Å². The van der Waals surface area contributed by atoms with Crippen LogP contribution in [0.1, 0.15) is 33.6 Å². The zero-order valence-corrected chi connectivity index (χ0v) is 8.22. The number of hydrogen-bond donors (Lipinski definition) is 1. The molecule has 0 saturated heterocycles. The first kappa shape index (κ1) is 10.2. The van der Waals surface area contributed by atoms with Crippen molar-refractivity contribution in [3.63, 3.8) is 0 Å². The van der Waals surface area contributed by atoms with Gasteiger partial charge in [0, 0.05) is 0 Å². The Morgan fingerprint density at radius 2 is 2.15 bits per heavy atom. The van der Waals surface area contributed by atoms with Crippen molar-refractivity contribution in [1.29, 1.82) is 0 Å². The molecule has 0 aromatic carbocycles. The summed E-state index contributed by atoms with van der Waals surface area (Å²) >= 11 is 0. The standard InChI is InChI=1S/C10H15FO2/c1-6-4-10(2,3)5-7(6)8(11)9(12)13/h6H,4-5H2,1-3H3,(H,12,13). The van der Waals surface area contributed by atoms with Crippen LogP contribution >= 0.6 is 0 Å². The van der Waals surface area contributed by atoms with E-state index in [2.05, 4.69) is 0 Å². The van der Waals surface area contributed by atoms with Gasteiger partial charge in [-0.1, -0.05) is 20.8 Å². The summed E-state index contributed by atoms with van der Waals surface area (Å²) in [7, 11) is 0. The maximum atomic E-state index is 13.1. The topological polar surface area (TPSA) is 37.3 Å². The first-order valence-corrected chi connectivity index (χ1v) is 4.45. The molecule has 0 aliphatic heterocycles. The average molecular weight is 186 g/mol. The van der Waals surface area contributed by atoms with E-state index in [1.807, 2.05) is 20.8 Å². The lowest BCUT2D eigenvalue weighted by atomic mass is 9.91. The quantitative estimate of drug-likeness (QED) is 0.639. The molecule has 0 amide bonds. The highest BCUT2D eigenvalue weighted by molar-refractivity contribution is 5.85. The van der Waals surface area contributed by atoms with E-state index in [1.165, 1.54) is 0 Å². The molecular formula is C10H15FO2. The number of aliphatic carboxylic acids is 1. The second-order valence-electron chi connectivity index (χ2n) is 4.59. The van der Waals surface area contributed by atoms with Crippen molar-refractivity contribution in [2.75, 3.05) is 0 Å². The Kier molecular flexibility index (Phi) is 2.46. The van der Waals surface area contributed by atoms with Crippen LogP contribution in [-0.2, 0) is 4.79 Å². The average Bonchev–Trinajstić information content (AvgIpc) is 2.22. The number of carboxylic acids is 1. The normalized spacial score (nSPS) is 30.3. The van der Waals surface area contributed by atoms with Gasteiger partial charge in [0.15, 0.2) is 0 Å². The summed E-state index contributed by atoms with van der Waals surface area (Å²) in [5.41, 5.74) is 0.513. The van der Waals surface area contributed by atoms with Gasteiger partial charge < -0.3 is 5.11 Å². The van der Waals surface area contributed by atoms with Gasteiger partial charge in [-0.15, -0.1) is 0 Å². The molecule has 0 spiro atoms. The predicted molar refractivity (Wildman–Crippen MR) is 47.9 cm³/mol. The van der Waals surface area contributed by atoms with Crippen molar-refractivity contribution in [2.45, 2.75) is 33.6 Å². The van der Waals surface area contributed by atoms with Crippen LogP contribution in [0.25, 0.3) is 0 Å². The van der Waals surface area contributed by atoms with E-state index >= 15 is 0 Å². The Bertz CT molecular complexity index is 266. The molecule has 0 radical (unpaired) electrons. The van der Waals surface area contributed by atoms with E-state index in [9.17, 15) is 9.18 Å². The second kappa shape index (κ2) is 3.13. The Balaban J connectivity index is 2.96. The second-order valence-corrected chi connectivity index (χ2v) is 4.59. The third-order valence-electron chi connectivity index (χ3n) is 2.59. The molecule has 1 atom stereocenters. The molecule has 0 aromatic rings. The monoisotopic (exact) mass is 186 g/mol. The molecule has 0 aromatic heterocycles.